The molecule has 0 bridgehead atoms. The molecule has 0 saturated carbocycles. The van der Waals surface area contributed by atoms with Gasteiger partial charge in [-0.15, -0.1) is 0 Å². The number of esters is 2. The van der Waals surface area contributed by atoms with E-state index in [0.717, 1.165) is 0 Å². The summed E-state index contributed by atoms with van der Waals surface area (Å²) in [6.07, 6.45) is -0.0147. The Morgan fingerprint density at radius 3 is 2.21 bits per heavy atom. The van der Waals surface area contributed by atoms with Crippen molar-refractivity contribution in [3.05, 3.63) is 82.8 Å². The van der Waals surface area contributed by atoms with Gasteiger partial charge in [0, 0.05) is 5.69 Å². The molecule has 9 nitrogen and oxygen atoms in total. The molecule has 4 rings (SSSR count). The summed E-state index contributed by atoms with van der Waals surface area (Å²) in [5.74, 6) is -1.87. The van der Waals surface area contributed by atoms with Gasteiger partial charge in [-0.2, -0.15) is 5.26 Å². The van der Waals surface area contributed by atoms with Gasteiger partial charge in [-0.25, -0.2) is 9.59 Å². The van der Waals surface area contributed by atoms with Crippen LogP contribution < -0.4 is 15.4 Å². The molecule has 34 heavy (non-hydrogen) atoms. The number of hydrogen-bond acceptors (Lipinski definition) is 9. The molecule has 1 saturated heterocycles. The predicted molar refractivity (Wildman–Crippen MR) is 121 cm³/mol. The summed E-state index contributed by atoms with van der Waals surface area (Å²) in [5, 5.41) is 10.1. The molecular weight excluding hydrogens is 438 g/mol. The number of anilines is 1. The average molecular weight is 461 g/mol. The van der Waals surface area contributed by atoms with Crippen molar-refractivity contribution in [1.82, 2.24) is 0 Å². The Hall–Kier alpha value is -4.29. The SMILES string of the molecule is COC(=O)C1=C(C(=O)OC)N(c2ccc(OC3COC3)cc2)C(N)=C(C#N)C1c1ccccc1. The van der Waals surface area contributed by atoms with E-state index in [2.05, 4.69) is 6.07 Å². The maximum atomic E-state index is 13.0. The predicted octanol–water partition coefficient (Wildman–Crippen LogP) is 2.36. The number of ether oxygens (including phenoxy) is 4. The largest absolute Gasteiger partial charge is 0.486 e. The summed E-state index contributed by atoms with van der Waals surface area (Å²) in [5.41, 5.74) is 7.45. The molecule has 0 aromatic heterocycles. The van der Waals surface area contributed by atoms with E-state index < -0.39 is 17.9 Å². The Labute approximate surface area is 196 Å². The standard InChI is InChI=1S/C25H23N3O6/c1-31-24(29)21-20(15-6-4-3-5-7-15)19(12-26)23(27)28(22(21)25(30)32-2)16-8-10-17(11-9-16)34-18-13-33-14-18/h3-11,18,20H,13-14,27H2,1-2H3. The summed E-state index contributed by atoms with van der Waals surface area (Å²) in [6, 6.07) is 17.7. The van der Waals surface area contributed by atoms with E-state index in [1.807, 2.05) is 0 Å². The van der Waals surface area contributed by atoms with Gasteiger partial charge in [0.15, 0.2) is 0 Å². The highest BCUT2D eigenvalue weighted by molar-refractivity contribution is 6.06. The highest BCUT2D eigenvalue weighted by Crippen LogP contribution is 2.43. The molecule has 0 aliphatic carbocycles. The molecule has 1 unspecified atom stereocenters. The highest BCUT2D eigenvalue weighted by Gasteiger charge is 2.43. The van der Waals surface area contributed by atoms with Gasteiger partial charge < -0.3 is 24.7 Å². The zero-order valence-corrected chi connectivity index (χ0v) is 18.7. The van der Waals surface area contributed by atoms with Crippen LogP contribution in [-0.2, 0) is 23.8 Å². The molecule has 1 atom stereocenters. The van der Waals surface area contributed by atoms with Crippen LogP contribution in [0.3, 0.4) is 0 Å². The minimum atomic E-state index is -0.912. The minimum Gasteiger partial charge on any atom is -0.486 e. The molecule has 0 spiro atoms. The Morgan fingerprint density at radius 1 is 1.03 bits per heavy atom. The quantitative estimate of drug-likeness (QED) is 0.646. The monoisotopic (exact) mass is 461 g/mol. The second-order valence-corrected chi connectivity index (χ2v) is 7.61. The molecule has 2 aliphatic rings. The first-order valence-corrected chi connectivity index (χ1v) is 10.5. The summed E-state index contributed by atoms with van der Waals surface area (Å²) in [7, 11) is 2.41. The van der Waals surface area contributed by atoms with Crippen molar-refractivity contribution >= 4 is 17.6 Å². The average Bonchev–Trinajstić information content (AvgIpc) is 2.85. The third-order valence-electron chi connectivity index (χ3n) is 5.62. The van der Waals surface area contributed by atoms with Gasteiger partial charge in [0.05, 0.1) is 50.6 Å². The van der Waals surface area contributed by atoms with Crippen LogP contribution in [0, 0.1) is 11.3 Å². The molecule has 1 fully saturated rings. The number of hydrogen-bond donors (Lipinski definition) is 1. The Kier molecular flexibility index (Phi) is 6.52. The summed E-state index contributed by atoms with van der Waals surface area (Å²) in [4.78, 5) is 27.4. The smallest absolute Gasteiger partial charge is 0.355 e. The van der Waals surface area contributed by atoms with Crippen molar-refractivity contribution in [3.63, 3.8) is 0 Å². The highest BCUT2D eigenvalue weighted by atomic mass is 16.6. The Morgan fingerprint density at radius 2 is 1.68 bits per heavy atom. The first-order chi connectivity index (χ1) is 16.5. The number of allylic oxidation sites excluding steroid dienone is 1. The normalized spacial score (nSPS) is 18.1. The van der Waals surface area contributed by atoms with Crippen molar-refractivity contribution in [2.75, 3.05) is 32.3 Å². The van der Waals surface area contributed by atoms with Crippen LogP contribution in [0.2, 0.25) is 0 Å². The van der Waals surface area contributed by atoms with Crippen LogP contribution >= 0.6 is 0 Å². The molecular formula is C25H23N3O6. The minimum absolute atomic E-state index is 0.00506. The van der Waals surface area contributed by atoms with Crippen LogP contribution in [0.5, 0.6) is 5.75 Å². The summed E-state index contributed by atoms with van der Waals surface area (Å²) in [6.45, 7) is 1.04. The van der Waals surface area contributed by atoms with Gasteiger partial charge in [-0.1, -0.05) is 30.3 Å². The van der Waals surface area contributed by atoms with E-state index in [9.17, 15) is 14.9 Å². The maximum absolute atomic E-state index is 13.0. The number of rotatable bonds is 6. The molecule has 174 valence electrons. The van der Waals surface area contributed by atoms with E-state index >= 15 is 0 Å². The fourth-order valence-electron chi connectivity index (χ4n) is 3.93. The van der Waals surface area contributed by atoms with E-state index in [1.54, 1.807) is 54.6 Å². The zero-order valence-electron chi connectivity index (χ0n) is 18.7. The number of nitrogens with zero attached hydrogens (tertiary/aromatic N) is 2. The van der Waals surface area contributed by atoms with E-state index in [0.29, 0.717) is 30.2 Å². The maximum Gasteiger partial charge on any atom is 0.355 e. The zero-order chi connectivity index (χ0) is 24.2. The van der Waals surface area contributed by atoms with Gasteiger partial charge >= 0.3 is 11.9 Å². The Balaban J connectivity index is 1.89. The number of methoxy groups -OCH3 is 2. The lowest BCUT2D eigenvalue weighted by molar-refractivity contribution is -0.139. The van der Waals surface area contributed by atoms with Crippen LogP contribution in [0.15, 0.2) is 77.3 Å². The second-order valence-electron chi connectivity index (χ2n) is 7.61. The van der Waals surface area contributed by atoms with Gasteiger partial charge in [-0.05, 0) is 29.8 Å². The summed E-state index contributed by atoms with van der Waals surface area (Å²) >= 11 is 0. The van der Waals surface area contributed by atoms with Crippen LogP contribution in [-0.4, -0.2) is 45.5 Å². The fourth-order valence-corrected chi connectivity index (χ4v) is 3.93. The van der Waals surface area contributed by atoms with Gasteiger partial charge in [0.2, 0.25) is 0 Å². The number of carbonyl (C=O) groups is 2. The van der Waals surface area contributed by atoms with Crippen LogP contribution in [0.25, 0.3) is 0 Å². The van der Waals surface area contributed by atoms with Crippen molar-refractivity contribution in [3.8, 4) is 11.8 Å². The molecule has 9 heteroatoms. The topological polar surface area (TPSA) is 124 Å². The summed E-state index contributed by atoms with van der Waals surface area (Å²) < 4.78 is 21.0. The number of benzene rings is 2. The molecule has 2 aromatic carbocycles. The van der Waals surface area contributed by atoms with Gasteiger partial charge in [-0.3, -0.25) is 4.90 Å². The van der Waals surface area contributed by atoms with E-state index in [1.165, 1.54) is 19.1 Å². The van der Waals surface area contributed by atoms with Crippen molar-refractivity contribution in [2.24, 2.45) is 5.73 Å². The van der Waals surface area contributed by atoms with E-state index in [4.69, 9.17) is 24.7 Å². The molecule has 2 aromatic rings. The van der Waals surface area contributed by atoms with Crippen LogP contribution in [0.1, 0.15) is 11.5 Å². The lowest BCUT2D eigenvalue weighted by Crippen LogP contribution is -2.40. The van der Waals surface area contributed by atoms with Gasteiger partial charge in [0.1, 0.15) is 23.4 Å². The third kappa shape index (κ3) is 4.07. The number of nitrogens with two attached hydrogens (primary N) is 1. The third-order valence-corrected chi connectivity index (χ3v) is 5.62. The fraction of sp³-hybridized carbons (Fsp3) is 0.240. The number of nitriles is 1. The first kappa shape index (κ1) is 22.9. The lowest BCUT2D eigenvalue weighted by Gasteiger charge is -2.36. The van der Waals surface area contributed by atoms with Crippen molar-refractivity contribution < 1.29 is 28.5 Å². The molecule has 2 heterocycles. The second kappa shape index (κ2) is 9.68. The van der Waals surface area contributed by atoms with Crippen molar-refractivity contribution in [2.45, 2.75) is 12.0 Å². The lowest BCUT2D eigenvalue weighted by atomic mass is 9.81. The molecule has 0 radical (unpaired) electrons. The Bertz CT molecular complexity index is 1190. The van der Waals surface area contributed by atoms with Gasteiger partial charge in [0.25, 0.3) is 0 Å². The molecule has 2 aliphatic heterocycles. The van der Waals surface area contributed by atoms with E-state index in [-0.39, 0.29) is 28.8 Å². The number of carbonyl (C=O) groups excluding carboxylic acids is 2. The van der Waals surface area contributed by atoms with Crippen LogP contribution in [0.4, 0.5) is 5.69 Å². The molecule has 0 amide bonds. The van der Waals surface area contributed by atoms with Crippen molar-refractivity contribution in [1.29, 1.82) is 5.26 Å². The molecule has 2 N–H and O–H groups in total. The first-order valence-electron chi connectivity index (χ1n) is 10.5.